The summed E-state index contributed by atoms with van der Waals surface area (Å²) in [4.78, 5) is 2.56. The van der Waals surface area contributed by atoms with Crippen molar-refractivity contribution >= 4 is 5.69 Å². The van der Waals surface area contributed by atoms with Crippen LogP contribution in [0.3, 0.4) is 0 Å². The van der Waals surface area contributed by atoms with Crippen LogP contribution >= 0.6 is 0 Å². The van der Waals surface area contributed by atoms with Gasteiger partial charge in [0.2, 0.25) is 0 Å². The zero-order valence-electron chi connectivity index (χ0n) is 12.9. The molecule has 1 aliphatic rings. The van der Waals surface area contributed by atoms with E-state index in [0.717, 1.165) is 0 Å². The summed E-state index contributed by atoms with van der Waals surface area (Å²) in [6, 6.07) is 9.51. The first kappa shape index (κ1) is 14.4. The van der Waals surface area contributed by atoms with Crippen molar-refractivity contribution in [3.63, 3.8) is 0 Å². The van der Waals surface area contributed by atoms with Crippen LogP contribution in [0.4, 0.5) is 5.69 Å². The Labute approximate surface area is 118 Å². The highest BCUT2D eigenvalue weighted by atomic mass is 15.2. The van der Waals surface area contributed by atoms with E-state index >= 15 is 0 Å². The summed E-state index contributed by atoms with van der Waals surface area (Å²) in [6.07, 6.45) is 3.94. The van der Waals surface area contributed by atoms with Gasteiger partial charge in [0.05, 0.1) is 0 Å². The quantitative estimate of drug-likeness (QED) is 0.861. The summed E-state index contributed by atoms with van der Waals surface area (Å²) < 4.78 is 0. The third kappa shape index (κ3) is 2.94. The van der Waals surface area contributed by atoms with Gasteiger partial charge in [0.15, 0.2) is 0 Å². The maximum Gasteiger partial charge on any atom is 0.0366 e. The molecule has 0 spiro atoms. The SMILES string of the molecule is CCC1(CC)CCN(c2ccc(C(C)NC)cc2)C1. The van der Waals surface area contributed by atoms with Gasteiger partial charge in [-0.15, -0.1) is 0 Å². The van der Waals surface area contributed by atoms with Gasteiger partial charge in [0.1, 0.15) is 0 Å². The summed E-state index contributed by atoms with van der Waals surface area (Å²) in [5.74, 6) is 0. The monoisotopic (exact) mass is 260 g/mol. The lowest BCUT2D eigenvalue weighted by Gasteiger charge is -2.27. The number of nitrogens with one attached hydrogen (secondary N) is 1. The van der Waals surface area contributed by atoms with Gasteiger partial charge in [0, 0.05) is 24.8 Å². The normalized spacial score (nSPS) is 19.7. The number of hydrogen-bond acceptors (Lipinski definition) is 2. The summed E-state index contributed by atoms with van der Waals surface area (Å²) in [6.45, 7) is 9.31. The van der Waals surface area contributed by atoms with Crippen LogP contribution in [0.1, 0.15) is 51.6 Å². The molecule has 19 heavy (non-hydrogen) atoms. The number of benzene rings is 1. The van der Waals surface area contributed by atoms with E-state index in [1.54, 1.807) is 0 Å². The minimum absolute atomic E-state index is 0.429. The maximum atomic E-state index is 3.29. The van der Waals surface area contributed by atoms with Gasteiger partial charge in [-0.25, -0.2) is 0 Å². The molecule has 1 aliphatic heterocycles. The molecule has 0 aliphatic carbocycles. The molecule has 1 fully saturated rings. The highest BCUT2D eigenvalue weighted by Crippen LogP contribution is 2.39. The van der Waals surface area contributed by atoms with Crippen molar-refractivity contribution in [2.75, 3.05) is 25.0 Å². The Kier molecular flexibility index (Phi) is 4.51. The third-order valence-corrected chi connectivity index (χ3v) is 5.13. The zero-order chi connectivity index (χ0) is 13.9. The van der Waals surface area contributed by atoms with Gasteiger partial charge < -0.3 is 10.2 Å². The molecular formula is C17H28N2. The van der Waals surface area contributed by atoms with E-state index in [2.05, 4.69) is 55.3 Å². The molecule has 0 amide bonds. The Balaban J connectivity index is 2.08. The van der Waals surface area contributed by atoms with Crippen LogP contribution in [0.15, 0.2) is 24.3 Å². The number of anilines is 1. The van der Waals surface area contributed by atoms with E-state index in [0.29, 0.717) is 11.5 Å². The first-order valence-corrected chi connectivity index (χ1v) is 7.66. The van der Waals surface area contributed by atoms with Gasteiger partial charge in [-0.05, 0) is 56.3 Å². The largest absolute Gasteiger partial charge is 0.371 e. The van der Waals surface area contributed by atoms with Crippen molar-refractivity contribution in [3.8, 4) is 0 Å². The van der Waals surface area contributed by atoms with E-state index < -0.39 is 0 Å². The van der Waals surface area contributed by atoms with Crippen molar-refractivity contribution in [2.24, 2.45) is 5.41 Å². The number of rotatable bonds is 5. The van der Waals surface area contributed by atoms with Gasteiger partial charge >= 0.3 is 0 Å². The number of hydrogen-bond donors (Lipinski definition) is 1. The molecule has 0 bridgehead atoms. The van der Waals surface area contributed by atoms with Crippen LogP contribution < -0.4 is 10.2 Å². The van der Waals surface area contributed by atoms with Crippen LogP contribution in [0.25, 0.3) is 0 Å². The van der Waals surface area contributed by atoms with E-state index in [4.69, 9.17) is 0 Å². The standard InChI is InChI=1S/C17H28N2/c1-5-17(6-2)11-12-19(13-17)16-9-7-15(8-10-16)14(3)18-4/h7-10,14,18H,5-6,11-13H2,1-4H3. The number of nitrogens with zero attached hydrogens (tertiary/aromatic N) is 1. The Morgan fingerprint density at radius 3 is 2.32 bits per heavy atom. The second-order valence-electron chi connectivity index (χ2n) is 5.98. The van der Waals surface area contributed by atoms with Crippen LogP contribution in [-0.2, 0) is 0 Å². The highest BCUT2D eigenvalue weighted by Gasteiger charge is 2.34. The highest BCUT2D eigenvalue weighted by molar-refractivity contribution is 5.49. The van der Waals surface area contributed by atoms with E-state index in [1.807, 2.05) is 7.05 Å². The first-order valence-electron chi connectivity index (χ1n) is 7.66. The van der Waals surface area contributed by atoms with Crippen molar-refractivity contribution in [1.29, 1.82) is 0 Å². The van der Waals surface area contributed by atoms with Crippen molar-refractivity contribution < 1.29 is 0 Å². The minimum Gasteiger partial charge on any atom is -0.371 e. The molecule has 1 heterocycles. The fraction of sp³-hybridized carbons (Fsp3) is 0.647. The zero-order valence-corrected chi connectivity index (χ0v) is 12.9. The Bertz CT molecular complexity index is 392. The topological polar surface area (TPSA) is 15.3 Å². The van der Waals surface area contributed by atoms with Crippen molar-refractivity contribution in [3.05, 3.63) is 29.8 Å². The smallest absolute Gasteiger partial charge is 0.0366 e. The molecule has 2 nitrogen and oxygen atoms in total. The molecule has 1 aromatic rings. The van der Waals surface area contributed by atoms with Gasteiger partial charge in [-0.2, -0.15) is 0 Å². The molecule has 2 heteroatoms. The van der Waals surface area contributed by atoms with Crippen molar-refractivity contribution in [2.45, 2.75) is 46.1 Å². The third-order valence-electron chi connectivity index (χ3n) is 5.13. The second-order valence-corrected chi connectivity index (χ2v) is 5.98. The Hall–Kier alpha value is -1.02. The molecule has 2 rings (SSSR count). The van der Waals surface area contributed by atoms with Crippen LogP contribution in [0.5, 0.6) is 0 Å². The fourth-order valence-electron chi connectivity index (χ4n) is 3.12. The fourth-order valence-corrected chi connectivity index (χ4v) is 3.12. The predicted molar refractivity (Wildman–Crippen MR) is 83.8 cm³/mol. The Morgan fingerprint density at radius 1 is 1.21 bits per heavy atom. The molecule has 1 saturated heterocycles. The lowest BCUT2D eigenvalue weighted by molar-refractivity contribution is 0.301. The average molecular weight is 260 g/mol. The lowest BCUT2D eigenvalue weighted by atomic mass is 9.82. The molecular weight excluding hydrogens is 232 g/mol. The van der Waals surface area contributed by atoms with Crippen LogP contribution in [0, 0.1) is 5.41 Å². The van der Waals surface area contributed by atoms with Gasteiger partial charge in [0.25, 0.3) is 0 Å². The molecule has 0 saturated carbocycles. The lowest BCUT2D eigenvalue weighted by Crippen LogP contribution is -2.26. The summed E-state index contributed by atoms with van der Waals surface area (Å²) in [5.41, 5.74) is 3.30. The molecule has 1 aromatic carbocycles. The molecule has 0 radical (unpaired) electrons. The molecule has 1 unspecified atom stereocenters. The van der Waals surface area contributed by atoms with E-state index in [1.165, 1.54) is 43.6 Å². The van der Waals surface area contributed by atoms with Crippen molar-refractivity contribution in [1.82, 2.24) is 5.32 Å². The van der Waals surface area contributed by atoms with Gasteiger partial charge in [-0.3, -0.25) is 0 Å². The summed E-state index contributed by atoms with van der Waals surface area (Å²) in [7, 11) is 2.01. The molecule has 1 atom stereocenters. The minimum atomic E-state index is 0.429. The summed E-state index contributed by atoms with van der Waals surface area (Å²) >= 11 is 0. The van der Waals surface area contributed by atoms with E-state index in [-0.39, 0.29) is 0 Å². The summed E-state index contributed by atoms with van der Waals surface area (Å²) in [5, 5.41) is 3.29. The predicted octanol–water partition coefficient (Wildman–Crippen LogP) is 3.98. The molecule has 1 N–H and O–H groups in total. The Morgan fingerprint density at radius 2 is 1.84 bits per heavy atom. The second kappa shape index (κ2) is 5.96. The van der Waals surface area contributed by atoms with Crippen LogP contribution in [0.2, 0.25) is 0 Å². The maximum absolute atomic E-state index is 3.29. The van der Waals surface area contributed by atoms with Crippen LogP contribution in [-0.4, -0.2) is 20.1 Å². The van der Waals surface area contributed by atoms with Gasteiger partial charge in [-0.1, -0.05) is 26.0 Å². The average Bonchev–Trinajstić information content (AvgIpc) is 2.92. The van der Waals surface area contributed by atoms with E-state index in [9.17, 15) is 0 Å². The molecule has 106 valence electrons. The first-order chi connectivity index (χ1) is 9.14. The molecule has 0 aromatic heterocycles.